The number of benzene rings is 3. The van der Waals surface area contributed by atoms with Gasteiger partial charge in [0.2, 0.25) is 11.8 Å². The summed E-state index contributed by atoms with van der Waals surface area (Å²) in [5.41, 5.74) is -0.683. The molecular formula is C30H34F3N3O4S. The van der Waals surface area contributed by atoms with Gasteiger partial charge in [-0.15, -0.1) is 0 Å². The number of halogens is 3. The SMILES string of the molecule is CC[C@@H](C)NC(=O)[C@@H](CC)N(Cc1ccccc1)C(=O)CN(c1cccc(C(F)(F)F)c1)S(=O)(=O)c1ccccc1. The zero-order chi connectivity index (χ0) is 30.2. The van der Waals surface area contributed by atoms with Crippen LogP contribution in [0.5, 0.6) is 0 Å². The smallest absolute Gasteiger partial charge is 0.352 e. The molecule has 0 fully saturated rings. The second-order valence-electron chi connectivity index (χ2n) is 9.62. The second-order valence-corrected chi connectivity index (χ2v) is 11.5. The van der Waals surface area contributed by atoms with Crippen molar-refractivity contribution >= 4 is 27.5 Å². The molecule has 0 heterocycles. The number of nitrogens with zero attached hydrogens (tertiary/aromatic N) is 2. The number of carbonyl (C=O) groups is 2. The lowest BCUT2D eigenvalue weighted by molar-refractivity contribution is -0.140. The van der Waals surface area contributed by atoms with Gasteiger partial charge in [-0.05, 0) is 55.7 Å². The highest BCUT2D eigenvalue weighted by molar-refractivity contribution is 7.92. The Morgan fingerprint density at radius 1 is 0.878 bits per heavy atom. The zero-order valence-electron chi connectivity index (χ0n) is 23.1. The van der Waals surface area contributed by atoms with Crippen molar-refractivity contribution in [1.29, 1.82) is 0 Å². The van der Waals surface area contributed by atoms with E-state index in [2.05, 4.69) is 5.32 Å². The standard InChI is InChI=1S/C30H34F3N3O4S/c1-4-22(3)34-29(38)27(5-2)35(20-23-13-8-6-9-14-23)28(37)21-36(41(39,40)26-17-10-7-11-18-26)25-16-12-15-24(19-25)30(31,32)33/h6-19,22,27H,4-5,20-21H2,1-3H3,(H,34,38)/t22-,27-/m1/s1. The summed E-state index contributed by atoms with van der Waals surface area (Å²) in [7, 11) is -4.48. The Balaban J connectivity index is 2.09. The molecule has 220 valence electrons. The van der Waals surface area contributed by atoms with Gasteiger partial charge in [0.15, 0.2) is 0 Å². The molecule has 0 saturated heterocycles. The molecular weight excluding hydrogens is 555 g/mol. The van der Waals surface area contributed by atoms with Crippen LogP contribution < -0.4 is 9.62 Å². The van der Waals surface area contributed by atoms with Gasteiger partial charge in [-0.2, -0.15) is 13.2 Å². The van der Waals surface area contributed by atoms with E-state index in [1.165, 1.54) is 35.2 Å². The molecule has 0 aliphatic heterocycles. The maximum absolute atomic E-state index is 14.0. The molecule has 0 aliphatic carbocycles. The largest absolute Gasteiger partial charge is 0.416 e. The molecule has 41 heavy (non-hydrogen) atoms. The van der Waals surface area contributed by atoms with E-state index in [-0.39, 0.29) is 29.6 Å². The van der Waals surface area contributed by atoms with Crippen molar-refractivity contribution in [1.82, 2.24) is 10.2 Å². The molecule has 7 nitrogen and oxygen atoms in total. The molecule has 3 aromatic rings. The molecule has 2 amide bonds. The summed E-state index contributed by atoms with van der Waals surface area (Å²) in [4.78, 5) is 28.3. The molecule has 0 spiro atoms. The Morgan fingerprint density at radius 2 is 1.49 bits per heavy atom. The third-order valence-corrected chi connectivity index (χ3v) is 8.44. The molecule has 0 radical (unpaired) electrons. The molecule has 3 rings (SSSR count). The number of anilines is 1. The highest BCUT2D eigenvalue weighted by atomic mass is 32.2. The van der Waals surface area contributed by atoms with Crippen molar-refractivity contribution in [3.05, 3.63) is 96.1 Å². The zero-order valence-corrected chi connectivity index (χ0v) is 24.0. The van der Waals surface area contributed by atoms with Crippen LogP contribution in [0.1, 0.15) is 44.7 Å². The second kappa shape index (κ2) is 13.7. The van der Waals surface area contributed by atoms with E-state index >= 15 is 0 Å². The van der Waals surface area contributed by atoms with Gasteiger partial charge in [0.05, 0.1) is 16.1 Å². The molecule has 0 saturated carbocycles. The van der Waals surface area contributed by atoms with Crippen molar-refractivity contribution in [2.45, 2.75) is 63.3 Å². The summed E-state index contributed by atoms with van der Waals surface area (Å²) in [5.74, 6) is -1.14. The average Bonchev–Trinajstić information content (AvgIpc) is 2.96. The van der Waals surface area contributed by atoms with Crippen molar-refractivity contribution in [2.24, 2.45) is 0 Å². The number of sulfonamides is 1. The highest BCUT2D eigenvalue weighted by Gasteiger charge is 2.36. The lowest BCUT2D eigenvalue weighted by atomic mass is 10.1. The van der Waals surface area contributed by atoms with E-state index in [4.69, 9.17) is 0 Å². The van der Waals surface area contributed by atoms with Gasteiger partial charge in [-0.25, -0.2) is 8.42 Å². The van der Waals surface area contributed by atoms with Crippen molar-refractivity contribution in [2.75, 3.05) is 10.8 Å². The van der Waals surface area contributed by atoms with E-state index in [0.717, 1.165) is 12.1 Å². The normalized spacial score (nSPS) is 13.2. The molecule has 0 aliphatic rings. The molecule has 0 unspecified atom stereocenters. The lowest BCUT2D eigenvalue weighted by Crippen LogP contribution is -2.53. The first-order valence-electron chi connectivity index (χ1n) is 13.3. The van der Waals surface area contributed by atoms with Crippen molar-refractivity contribution in [3.8, 4) is 0 Å². The fourth-order valence-corrected chi connectivity index (χ4v) is 5.65. The van der Waals surface area contributed by atoms with Crippen LogP contribution in [0.15, 0.2) is 89.8 Å². The predicted octanol–water partition coefficient (Wildman–Crippen LogP) is 5.62. The van der Waals surface area contributed by atoms with E-state index in [1.807, 2.05) is 13.8 Å². The van der Waals surface area contributed by atoms with Crippen LogP contribution in [-0.4, -0.2) is 43.8 Å². The van der Waals surface area contributed by atoms with Crippen LogP contribution >= 0.6 is 0 Å². The van der Waals surface area contributed by atoms with Crippen molar-refractivity contribution < 1.29 is 31.2 Å². The summed E-state index contributed by atoms with van der Waals surface area (Å²) in [5, 5.41) is 2.88. The molecule has 0 aromatic heterocycles. The first-order valence-corrected chi connectivity index (χ1v) is 14.7. The van der Waals surface area contributed by atoms with Gasteiger partial charge < -0.3 is 10.2 Å². The maximum atomic E-state index is 14.0. The molecule has 2 atom stereocenters. The summed E-state index contributed by atoms with van der Waals surface area (Å²) >= 11 is 0. The van der Waals surface area contributed by atoms with Crippen LogP contribution in [0.4, 0.5) is 18.9 Å². The summed E-state index contributed by atoms with van der Waals surface area (Å²) < 4.78 is 68.9. The summed E-state index contributed by atoms with van der Waals surface area (Å²) in [6.45, 7) is 4.64. The highest BCUT2D eigenvalue weighted by Crippen LogP contribution is 2.33. The van der Waals surface area contributed by atoms with E-state index in [0.29, 0.717) is 22.4 Å². The maximum Gasteiger partial charge on any atom is 0.416 e. The van der Waals surface area contributed by atoms with Crippen LogP contribution in [0.2, 0.25) is 0 Å². The Hall–Kier alpha value is -3.86. The van der Waals surface area contributed by atoms with E-state index in [9.17, 15) is 31.2 Å². The minimum absolute atomic E-state index is 0.00603. The molecule has 11 heteroatoms. The third kappa shape index (κ3) is 8.09. The molecule has 3 aromatic carbocycles. The minimum Gasteiger partial charge on any atom is -0.352 e. The lowest BCUT2D eigenvalue weighted by Gasteiger charge is -2.33. The van der Waals surface area contributed by atoms with Gasteiger partial charge in [0.1, 0.15) is 12.6 Å². The van der Waals surface area contributed by atoms with Gasteiger partial charge >= 0.3 is 6.18 Å². The van der Waals surface area contributed by atoms with Crippen LogP contribution in [-0.2, 0) is 32.3 Å². The van der Waals surface area contributed by atoms with Crippen molar-refractivity contribution in [3.63, 3.8) is 0 Å². The third-order valence-electron chi connectivity index (χ3n) is 6.65. The van der Waals surface area contributed by atoms with E-state index < -0.39 is 46.2 Å². The van der Waals surface area contributed by atoms with Crippen LogP contribution in [0.25, 0.3) is 0 Å². The van der Waals surface area contributed by atoms with Gasteiger partial charge in [0.25, 0.3) is 10.0 Å². The van der Waals surface area contributed by atoms with E-state index in [1.54, 1.807) is 43.3 Å². The Labute approximate surface area is 239 Å². The fourth-order valence-electron chi connectivity index (χ4n) is 4.23. The number of alkyl halides is 3. The number of hydrogen-bond acceptors (Lipinski definition) is 4. The first-order chi connectivity index (χ1) is 19.4. The number of nitrogens with one attached hydrogen (secondary N) is 1. The Morgan fingerprint density at radius 3 is 2.05 bits per heavy atom. The predicted molar refractivity (Wildman–Crippen MR) is 151 cm³/mol. The van der Waals surface area contributed by atoms with Crippen LogP contribution in [0, 0.1) is 0 Å². The number of hydrogen-bond donors (Lipinski definition) is 1. The molecule has 1 N–H and O–H groups in total. The Bertz CT molecular complexity index is 1420. The summed E-state index contributed by atoms with van der Waals surface area (Å²) in [6, 6.07) is 18.7. The minimum atomic E-state index is -4.73. The number of rotatable bonds is 12. The molecule has 0 bridgehead atoms. The Kier molecular flexibility index (Phi) is 10.6. The quantitative estimate of drug-likeness (QED) is 0.297. The van der Waals surface area contributed by atoms with Crippen LogP contribution in [0.3, 0.4) is 0 Å². The monoisotopic (exact) mass is 589 g/mol. The number of carbonyl (C=O) groups excluding carboxylic acids is 2. The summed E-state index contributed by atoms with van der Waals surface area (Å²) in [6.07, 6.45) is -3.84. The van der Waals surface area contributed by atoms with Gasteiger partial charge in [-0.1, -0.05) is 68.4 Å². The average molecular weight is 590 g/mol. The first kappa shape index (κ1) is 31.7. The fraction of sp³-hybridized carbons (Fsp3) is 0.333. The van der Waals surface area contributed by atoms with Gasteiger partial charge in [-0.3, -0.25) is 13.9 Å². The van der Waals surface area contributed by atoms with Gasteiger partial charge in [0, 0.05) is 12.6 Å². The number of amides is 2. The topological polar surface area (TPSA) is 86.8 Å².